The minimum atomic E-state index is -1.68. The molecule has 0 unspecified atom stereocenters. The molecule has 2 aromatic carbocycles. The number of phenols is 1. The zero-order valence-corrected chi connectivity index (χ0v) is 26.3. The van der Waals surface area contributed by atoms with Gasteiger partial charge in [-0.25, -0.2) is 4.98 Å². The third kappa shape index (κ3) is 6.83. The Bertz CT molecular complexity index is 1270. The van der Waals surface area contributed by atoms with Crippen LogP contribution in [0.4, 0.5) is 0 Å². The molecule has 1 aromatic heterocycles. The van der Waals surface area contributed by atoms with Gasteiger partial charge in [0.1, 0.15) is 23.3 Å². The van der Waals surface area contributed by atoms with Gasteiger partial charge in [0, 0.05) is 38.3 Å². The summed E-state index contributed by atoms with van der Waals surface area (Å²) >= 11 is 0. The molecule has 37 heavy (non-hydrogen) atoms. The molecule has 0 spiro atoms. The number of benzene rings is 2. The maximum absolute atomic E-state index is 10.4. The molecule has 202 valence electrons. The van der Waals surface area contributed by atoms with Crippen LogP contribution in [0.25, 0.3) is 10.9 Å². The zero-order chi connectivity index (χ0) is 26.0. The molecule has 7 heteroatoms. The van der Waals surface area contributed by atoms with E-state index in [2.05, 4.69) is 63.6 Å². The number of phenolic OH excluding ortho intramolecular Hbond substituents is 1. The van der Waals surface area contributed by atoms with Crippen LogP contribution in [0.5, 0.6) is 17.4 Å². The number of aromatic hydroxyl groups is 1. The molecule has 1 N–H and O–H groups in total. The average Bonchev–Trinajstić information content (AvgIpc) is 3.20. The fourth-order valence-corrected chi connectivity index (χ4v) is 6.17. The van der Waals surface area contributed by atoms with Crippen molar-refractivity contribution in [2.45, 2.75) is 85.2 Å². The van der Waals surface area contributed by atoms with Gasteiger partial charge in [-0.15, -0.1) is 17.3 Å². The molecule has 0 fully saturated rings. The first-order valence-electron chi connectivity index (χ1n) is 13.2. The summed E-state index contributed by atoms with van der Waals surface area (Å²) in [7, 11) is -1.68. The number of aromatic nitrogens is 1. The normalized spacial score (nSPS) is 17.5. The Labute approximate surface area is 237 Å². The second kappa shape index (κ2) is 12.1. The topological polar surface area (TPSA) is 63.9 Å². The number of ether oxygens (including phenoxy) is 2. The quantitative estimate of drug-likeness (QED) is 0.191. The number of hydrogen-bond acceptors (Lipinski definition) is 5. The average molecular weight is 699 g/mol. The fourth-order valence-electron chi connectivity index (χ4n) is 5.03. The van der Waals surface area contributed by atoms with Crippen molar-refractivity contribution in [2.24, 2.45) is 10.9 Å². The van der Waals surface area contributed by atoms with Gasteiger partial charge < -0.3 is 14.6 Å². The van der Waals surface area contributed by atoms with E-state index in [9.17, 15) is 5.11 Å². The van der Waals surface area contributed by atoms with E-state index >= 15 is 0 Å². The summed E-state index contributed by atoms with van der Waals surface area (Å²) in [5, 5.41) is 12.5. The summed E-state index contributed by atoms with van der Waals surface area (Å²) in [6.45, 7) is 15.5. The van der Waals surface area contributed by atoms with E-state index in [1.807, 2.05) is 25.1 Å². The van der Waals surface area contributed by atoms with E-state index < -0.39 is 8.07 Å². The van der Waals surface area contributed by atoms with Gasteiger partial charge in [0.2, 0.25) is 5.88 Å². The van der Waals surface area contributed by atoms with E-state index in [4.69, 9.17) is 14.5 Å². The maximum atomic E-state index is 10.4. The number of aryl methyl sites for hydroxylation is 1. The van der Waals surface area contributed by atoms with Gasteiger partial charge >= 0.3 is 0 Å². The van der Waals surface area contributed by atoms with E-state index in [0.29, 0.717) is 29.0 Å². The van der Waals surface area contributed by atoms with Crippen LogP contribution in [-0.2, 0) is 25.8 Å². The Morgan fingerprint density at radius 1 is 1.08 bits per heavy atom. The molecule has 2 heterocycles. The van der Waals surface area contributed by atoms with Crippen LogP contribution in [0.2, 0.25) is 19.6 Å². The minimum Gasteiger partial charge on any atom is -0.515 e. The van der Waals surface area contributed by atoms with Crippen molar-refractivity contribution >= 4 is 30.1 Å². The summed E-state index contributed by atoms with van der Waals surface area (Å²) in [6, 6.07) is 15.3. The Balaban J connectivity index is 0.00000380. The molecule has 0 saturated heterocycles. The Hall–Kier alpha value is -2.17. The number of aliphatic imine (C=N–C) groups is 1. The van der Waals surface area contributed by atoms with Crippen molar-refractivity contribution in [1.82, 2.24) is 4.98 Å². The number of nitrogens with zero attached hydrogens (tertiary/aromatic N) is 2. The predicted molar refractivity (Wildman–Crippen MR) is 151 cm³/mol. The molecule has 0 saturated carbocycles. The number of rotatable bonds is 9. The molecule has 1 aliphatic rings. The Morgan fingerprint density at radius 3 is 2.43 bits per heavy atom. The predicted octanol–water partition coefficient (Wildman–Crippen LogP) is 7.13. The van der Waals surface area contributed by atoms with E-state index in [1.54, 1.807) is 6.07 Å². The van der Waals surface area contributed by atoms with Crippen LogP contribution >= 0.6 is 0 Å². The summed E-state index contributed by atoms with van der Waals surface area (Å²) in [5.74, 6) is 2.35. The first-order chi connectivity index (χ1) is 17.1. The molecule has 1 aliphatic heterocycles. The van der Waals surface area contributed by atoms with Gasteiger partial charge in [0.25, 0.3) is 0 Å². The molecule has 3 aromatic rings. The van der Waals surface area contributed by atoms with Gasteiger partial charge in [-0.1, -0.05) is 58.0 Å². The first kappa shape index (κ1) is 29.4. The van der Waals surface area contributed by atoms with Gasteiger partial charge in [-0.2, -0.15) is 0 Å². The fraction of sp³-hybridized carbons (Fsp3) is 0.467. The van der Waals surface area contributed by atoms with Crippen molar-refractivity contribution in [1.29, 1.82) is 0 Å². The molecule has 5 nitrogen and oxygen atoms in total. The van der Waals surface area contributed by atoms with Crippen LogP contribution in [0.3, 0.4) is 0 Å². The van der Waals surface area contributed by atoms with Crippen molar-refractivity contribution in [2.75, 3.05) is 0 Å². The van der Waals surface area contributed by atoms with Crippen LogP contribution in [0.1, 0.15) is 57.6 Å². The van der Waals surface area contributed by atoms with Crippen LogP contribution in [0, 0.1) is 18.9 Å². The second-order valence-corrected chi connectivity index (χ2v) is 16.2. The summed E-state index contributed by atoms with van der Waals surface area (Å²) in [4.78, 5) is 9.66. The van der Waals surface area contributed by atoms with Crippen molar-refractivity contribution in [3.63, 3.8) is 0 Å². The van der Waals surface area contributed by atoms with Crippen molar-refractivity contribution < 1.29 is 35.6 Å². The van der Waals surface area contributed by atoms with Crippen LogP contribution < -0.4 is 9.92 Å². The number of hydrogen-bond donors (Lipinski definition) is 1. The molecule has 0 bridgehead atoms. The summed E-state index contributed by atoms with van der Waals surface area (Å²) < 4.78 is 12.5. The third-order valence-electron chi connectivity index (χ3n) is 6.89. The molecule has 0 aliphatic carbocycles. The zero-order valence-electron chi connectivity index (χ0n) is 23.0. The van der Waals surface area contributed by atoms with Crippen LogP contribution in [0.15, 0.2) is 41.4 Å². The molecule has 0 radical (unpaired) electrons. The van der Waals surface area contributed by atoms with E-state index in [1.165, 1.54) is 5.19 Å². The smallest absolute Gasteiger partial charge is 0.217 e. The van der Waals surface area contributed by atoms with Crippen molar-refractivity contribution in [3.8, 4) is 17.4 Å². The summed E-state index contributed by atoms with van der Waals surface area (Å²) in [6.07, 6.45) is 4.68. The van der Waals surface area contributed by atoms with Gasteiger partial charge in [0.05, 0.1) is 14.1 Å². The maximum Gasteiger partial charge on any atom is 0.217 e. The van der Waals surface area contributed by atoms with Gasteiger partial charge in [-0.05, 0) is 56.4 Å². The van der Waals surface area contributed by atoms with Crippen LogP contribution in [-0.4, -0.2) is 36.2 Å². The number of pyridine rings is 1. The van der Waals surface area contributed by atoms with E-state index in [0.717, 1.165) is 42.2 Å². The Morgan fingerprint density at radius 2 is 1.78 bits per heavy atom. The molecular formula is C30H39N2O3PtSi-. The van der Waals surface area contributed by atoms with Gasteiger partial charge in [-0.3, -0.25) is 4.99 Å². The standard InChI is InChI=1S/C30H39N2O3Si.Pt/c1-8-10-21(11-9-2)28-20(4)34-30(32-28)23-16-24(18-25(17-23)36(5,6)7)35-27-13-12-22-14-19(3)15-26(33)29(22)31-27;/h12-15,17-18,20-21,28,33H,8-11H2,1-7H3;/q-1;/t20-,28+;/m0./s1. The SMILES string of the molecule is CCCC(CCC)[C@@H]1N=C(c2[c-]c(Oc3ccc4cc(C)cc(O)c4n3)cc([Si](C)(C)C)c2)O[C@H]1C.[Pt]. The van der Waals surface area contributed by atoms with Crippen molar-refractivity contribution in [3.05, 3.63) is 53.6 Å². The Kier molecular flexibility index (Phi) is 9.63. The monoisotopic (exact) mass is 698 g/mol. The first-order valence-corrected chi connectivity index (χ1v) is 16.7. The van der Waals surface area contributed by atoms with Gasteiger partial charge in [0.15, 0.2) is 0 Å². The third-order valence-corrected chi connectivity index (χ3v) is 8.91. The second-order valence-electron chi connectivity index (χ2n) is 11.1. The minimum absolute atomic E-state index is 0. The summed E-state index contributed by atoms with van der Waals surface area (Å²) in [5.41, 5.74) is 2.35. The van der Waals surface area contributed by atoms with E-state index in [-0.39, 0.29) is 39.0 Å². The number of fused-ring (bicyclic) bond motifs is 1. The molecular weight excluding hydrogens is 660 g/mol. The molecule has 2 atom stereocenters. The molecule has 0 amide bonds. The largest absolute Gasteiger partial charge is 0.515 e. The molecule has 4 rings (SSSR count).